The first-order chi connectivity index (χ1) is 8.86. The van der Waals surface area contributed by atoms with Crippen LogP contribution in [0.15, 0.2) is 42.5 Å². The fourth-order valence-electron chi connectivity index (χ4n) is 1.45. The Morgan fingerprint density at radius 2 is 1.63 bits per heavy atom. The van der Waals surface area contributed by atoms with Crippen molar-refractivity contribution in [2.24, 2.45) is 0 Å². The molecule has 0 aliphatic rings. The van der Waals surface area contributed by atoms with Crippen LogP contribution in [0, 0.1) is 0 Å². The number of benzene rings is 2. The molecule has 0 spiro atoms. The van der Waals surface area contributed by atoms with E-state index in [4.69, 9.17) is 22.1 Å². The minimum atomic E-state index is -4.36. The molecule has 0 aromatic heterocycles. The van der Waals surface area contributed by atoms with E-state index in [9.17, 15) is 13.2 Å². The molecule has 0 amide bonds. The number of ether oxygens (including phenoxy) is 1. The molecule has 0 heterocycles. The summed E-state index contributed by atoms with van der Waals surface area (Å²) in [5.41, 5.74) is 5.26. The Hall–Kier alpha value is -1.88. The lowest BCUT2D eigenvalue weighted by Crippen LogP contribution is -2.04. The van der Waals surface area contributed by atoms with Gasteiger partial charge in [0.2, 0.25) is 0 Å². The topological polar surface area (TPSA) is 35.2 Å². The third-order valence-electron chi connectivity index (χ3n) is 2.38. The second-order valence-electron chi connectivity index (χ2n) is 3.81. The molecule has 0 aliphatic carbocycles. The number of halogens is 4. The van der Waals surface area contributed by atoms with Crippen LogP contribution in [0.2, 0.25) is 5.02 Å². The van der Waals surface area contributed by atoms with Gasteiger partial charge in [-0.2, -0.15) is 13.2 Å². The highest BCUT2D eigenvalue weighted by Crippen LogP contribution is 2.33. The molecule has 2 N–H and O–H groups in total. The third-order valence-corrected chi connectivity index (χ3v) is 2.62. The van der Waals surface area contributed by atoms with Crippen molar-refractivity contribution in [2.75, 3.05) is 5.73 Å². The van der Waals surface area contributed by atoms with Crippen molar-refractivity contribution in [1.29, 1.82) is 0 Å². The van der Waals surface area contributed by atoms with Crippen LogP contribution < -0.4 is 10.5 Å². The smallest absolute Gasteiger partial charge is 0.416 e. The lowest BCUT2D eigenvalue weighted by Gasteiger charge is -2.10. The Balaban J connectivity index is 2.20. The van der Waals surface area contributed by atoms with Crippen molar-refractivity contribution in [3.63, 3.8) is 0 Å². The fourth-order valence-corrected chi connectivity index (χ4v) is 1.63. The summed E-state index contributed by atoms with van der Waals surface area (Å²) in [7, 11) is 0. The Morgan fingerprint density at radius 3 is 2.16 bits per heavy atom. The second kappa shape index (κ2) is 5.01. The van der Waals surface area contributed by atoms with Gasteiger partial charge in [0.15, 0.2) is 0 Å². The monoisotopic (exact) mass is 287 g/mol. The van der Waals surface area contributed by atoms with Gasteiger partial charge in [-0.25, -0.2) is 0 Å². The lowest BCUT2D eigenvalue weighted by atomic mass is 10.2. The van der Waals surface area contributed by atoms with Crippen molar-refractivity contribution >= 4 is 17.3 Å². The van der Waals surface area contributed by atoms with Gasteiger partial charge in [-0.15, -0.1) is 0 Å². The van der Waals surface area contributed by atoms with Crippen LogP contribution in [0.5, 0.6) is 11.5 Å². The molecule has 0 unspecified atom stereocenters. The van der Waals surface area contributed by atoms with Crippen LogP contribution in [0.25, 0.3) is 0 Å². The molecular formula is C13H9ClF3NO. The summed E-state index contributed by atoms with van der Waals surface area (Å²) in [6.45, 7) is 0. The maximum atomic E-state index is 12.4. The first-order valence-corrected chi connectivity index (χ1v) is 5.64. The first-order valence-electron chi connectivity index (χ1n) is 5.26. The second-order valence-corrected chi connectivity index (χ2v) is 4.24. The molecule has 0 fully saturated rings. The number of hydrogen-bond donors (Lipinski definition) is 1. The Morgan fingerprint density at radius 1 is 1.00 bits per heavy atom. The van der Waals surface area contributed by atoms with Crippen LogP contribution in [0.1, 0.15) is 5.56 Å². The molecule has 0 saturated heterocycles. The quantitative estimate of drug-likeness (QED) is 0.810. The summed E-state index contributed by atoms with van der Waals surface area (Å²) >= 11 is 5.73. The largest absolute Gasteiger partial charge is 0.455 e. The van der Waals surface area contributed by atoms with Crippen LogP contribution in [0.4, 0.5) is 18.9 Å². The molecule has 0 atom stereocenters. The molecule has 100 valence electrons. The first kappa shape index (κ1) is 13.5. The third kappa shape index (κ3) is 3.32. The zero-order valence-corrected chi connectivity index (χ0v) is 10.3. The minimum Gasteiger partial charge on any atom is -0.455 e. The predicted octanol–water partition coefficient (Wildman–Crippen LogP) is 4.73. The van der Waals surface area contributed by atoms with Crippen molar-refractivity contribution in [3.05, 3.63) is 53.1 Å². The van der Waals surface area contributed by atoms with Crippen LogP contribution in [-0.4, -0.2) is 0 Å². The van der Waals surface area contributed by atoms with E-state index in [-0.39, 0.29) is 5.75 Å². The number of anilines is 1. The van der Waals surface area contributed by atoms with Gasteiger partial charge in [0.25, 0.3) is 0 Å². The van der Waals surface area contributed by atoms with E-state index in [1.54, 1.807) is 12.1 Å². The SMILES string of the molecule is Nc1cc(Cl)ccc1Oc1ccc(C(F)(F)F)cc1. The Labute approximate surface area is 112 Å². The molecule has 0 bridgehead atoms. The standard InChI is InChI=1S/C13H9ClF3NO/c14-9-3-6-12(11(18)7-9)19-10-4-1-8(2-5-10)13(15,16)17/h1-7H,18H2. The summed E-state index contributed by atoms with van der Waals surface area (Å²) in [5.74, 6) is 0.603. The normalized spacial score (nSPS) is 11.4. The maximum Gasteiger partial charge on any atom is 0.416 e. The minimum absolute atomic E-state index is 0.266. The van der Waals surface area contributed by atoms with E-state index in [2.05, 4.69) is 0 Å². The zero-order chi connectivity index (χ0) is 14.0. The molecule has 6 heteroatoms. The molecular weight excluding hydrogens is 279 g/mol. The van der Waals surface area contributed by atoms with Crippen LogP contribution in [-0.2, 0) is 6.18 Å². The number of rotatable bonds is 2. The molecule has 19 heavy (non-hydrogen) atoms. The van der Waals surface area contributed by atoms with Gasteiger partial charge in [-0.3, -0.25) is 0 Å². The zero-order valence-electron chi connectivity index (χ0n) is 9.54. The lowest BCUT2D eigenvalue weighted by molar-refractivity contribution is -0.137. The summed E-state index contributed by atoms with van der Waals surface area (Å²) in [6.07, 6.45) is -4.36. The molecule has 2 rings (SSSR count). The van der Waals surface area contributed by atoms with E-state index in [0.29, 0.717) is 16.5 Å². The summed E-state index contributed by atoms with van der Waals surface area (Å²) < 4.78 is 42.5. The van der Waals surface area contributed by atoms with Crippen LogP contribution in [0.3, 0.4) is 0 Å². The number of nitrogens with two attached hydrogens (primary N) is 1. The summed E-state index contributed by atoms with van der Waals surface area (Å²) in [6, 6.07) is 8.99. The van der Waals surface area contributed by atoms with E-state index in [0.717, 1.165) is 12.1 Å². The van der Waals surface area contributed by atoms with E-state index < -0.39 is 11.7 Å². The molecule has 2 nitrogen and oxygen atoms in total. The van der Waals surface area contributed by atoms with Gasteiger partial charge in [0.05, 0.1) is 11.3 Å². The highest BCUT2D eigenvalue weighted by Gasteiger charge is 2.30. The maximum absolute atomic E-state index is 12.4. The highest BCUT2D eigenvalue weighted by atomic mass is 35.5. The number of alkyl halides is 3. The van der Waals surface area contributed by atoms with Gasteiger partial charge in [0, 0.05) is 5.02 Å². The predicted molar refractivity (Wildman–Crippen MR) is 67.4 cm³/mol. The van der Waals surface area contributed by atoms with Gasteiger partial charge in [0.1, 0.15) is 11.5 Å². The highest BCUT2D eigenvalue weighted by molar-refractivity contribution is 6.30. The molecule has 0 saturated carbocycles. The van der Waals surface area contributed by atoms with Gasteiger partial charge < -0.3 is 10.5 Å². The average molecular weight is 288 g/mol. The van der Waals surface area contributed by atoms with E-state index >= 15 is 0 Å². The fraction of sp³-hybridized carbons (Fsp3) is 0.0769. The van der Waals surface area contributed by atoms with Crippen molar-refractivity contribution < 1.29 is 17.9 Å². The molecule has 0 aliphatic heterocycles. The average Bonchev–Trinajstić information content (AvgIpc) is 2.32. The molecule has 2 aromatic rings. The van der Waals surface area contributed by atoms with Gasteiger partial charge in [-0.05, 0) is 42.5 Å². The summed E-state index contributed by atoms with van der Waals surface area (Å²) in [5, 5.41) is 0.456. The van der Waals surface area contributed by atoms with Crippen LogP contribution >= 0.6 is 11.6 Å². The Bertz CT molecular complexity index is 581. The molecule has 2 aromatic carbocycles. The number of nitrogen functional groups attached to an aromatic ring is 1. The van der Waals surface area contributed by atoms with Gasteiger partial charge in [-0.1, -0.05) is 11.6 Å². The van der Waals surface area contributed by atoms with E-state index in [1.807, 2.05) is 0 Å². The number of hydrogen-bond acceptors (Lipinski definition) is 2. The molecule has 0 radical (unpaired) electrons. The van der Waals surface area contributed by atoms with Crippen molar-refractivity contribution in [1.82, 2.24) is 0 Å². The van der Waals surface area contributed by atoms with Crippen molar-refractivity contribution in [3.8, 4) is 11.5 Å². The van der Waals surface area contributed by atoms with Gasteiger partial charge >= 0.3 is 6.18 Å². The van der Waals surface area contributed by atoms with E-state index in [1.165, 1.54) is 18.2 Å². The Kier molecular flexibility index (Phi) is 3.57. The summed E-state index contributed by atoms with van der Waals surface area (Å²) in [4.78, 5) is 0. The van der Waals surface area contributed by atoms with Crippen molar-refractivity contribution in [2.45, 2.75) is 6.18 Å².